The molecule has 0 aromatic heterocycles. The van der Waals surface area contributed by atoms with Crippen LogP contribution >= 0.6 is 0 Å². The zero-order valence-electron chi connectivity index (χ0n) is 11.0. The molecule has 0 bridgehead atoms. The van der Waals surface area contributed by atoms with Gasteiger partial charge in [0.25, 0.3) is 0 Å². The molecule has 2 heteroatoms. The first-order chi connectivity index (χ1) is 7.65. The highest BCUT2D eigenvalue weighted by atomic mass is 15.1. The molecule has 1 aliphatic carbocycles. The zero-order valence-corrected chi connectivity index (χ0v) is 11.0. The largest absolute Gasteiger partial charge is 0.330 e. The summed E-state index contributed by atoms with van der Waals surface area (Å²) in [6.45, 7) is 9.56. The van der Waals surface area contributed by atoms with E-state index in [4.69, 9.17) is 5.73 Å². The van der Waals surface area contributed by atoms with E-state index < -0.39 is 0 Å². The van der Waals surface area contributed by atoms with E-state index in [9.17, 15) is 0 Å². The van der Waals surface area contributed by atoms with Gasteiger partial charge >= 0.3 is 0 Å². The van der Waals surface area contributed by atoms with E-state index in [-0.39, 0.29) is 0 Å². The molecule has 0 spiro atoms. The Balaban J connectivity index is 1.89. The number of nitrogens with zero attached hydrogens (tertiary/aromatic N) is 1. The van der Waals surface area contributed by atoms with Crippen molar-refractivity contribution in [2.24, 2.45) is 23.0 Å². The van der Waals surface area contributed by atoms with Crippen molar-refractivity contribution in [2.45, 2.75) is 46.0 Å². The van der Waals surface area contributed by atoms with Gasteiger partial charge < -0.3 is 10.6 Å². The number of nitrogens with two attached hydrogens (primary N) is 1. The van der Waals surface area contributed by atoms with E-state index in [0.717, 1.165) is 18.4 Å². The van der Waals surface area contributed by atoms with Crippen LogP contribution in [0.3, 0.4) is 0 Å². The van der Waals surface area contributed by atoms with E-state index in [2.05, 4.69) is 18.7 Å². The molecule has 2 N–H and O–H groups in total. The second kappa shape index (κ2) is 5.05. The number of piperidine rings is 1. The summed E-state index contributed by atoms with van der Waals surface area (Å²) in [5.74, 6) is 1.78. The van der Waals surface area contributed by atoms with Crippen LogP contribution in [0, 0.1) is 17.3 Å². The van der Waals surface area contributed by atoms with Gasteiger partial charge in [-0.15, -0.1) is 0 Å². The Morgan fingerprint density at radius 1 is 1.19 bits per heavy atom. The van der Waals surface area contributed by atoms with Crippen LogP contribution in [0.5, 0.6) is 0 Å². The van der Waals surface area contributed by atoms with Crippen molar-refractivity contribution in [3.8, 4) is 0 Å². The van der Waals surface area contributed by atoms with E-state index in [1.807, 2.05) is 0 Å². The smallest absolute Gasteiger partial charge is 0.00502 e. The van der Waals surface area contributed by atoms with Crippen molar-refractivity contribution in [3.63, 3.8) is 0 Å². The van der Waals surface area contributed by atoms with Crippen LogP contribution in [0.25, 0.3) is 0 Å². The van der Waals surface area contributed by atoms with Gasteiger partial charge in [0, 0.05) is 13.1 Å². The van der Waals surface area contributed by atoms with Gasteiger partial charge in [-0.05, 0) is 49.6 Å². The lowest BCUT2D eigenvalue weighted by Crippen LogP contribution is -2.46. The van der Waals surface area contributed by atoms with Crippen molar-refractivity contribution in [1.29, 1.82) is 0 Å². The van der Waals surface area contributed by atoms with Crippen LogP contribution in [-0.2, 0) is 0 Å². The van der Waals surface area contributed by atoms with Crippen LogP contribution in [0.15, 0.2) is 0 Å². The Hall–Kier alpha value is -0.0800. The third-order valence-electron chi connectivity index (χ3n) is 5.07. The van der Waals surface area contributed by atoms with E-state index in [0.29, 0.717) is 5.41 Å². The number of likely N-dealkylation sites (tertiary alicyclic amines) is 1. The normalized spacial score (nSPS) is 35.4. The predicted octanol–water partition coefficient (Wildman–Crippen LogP) is 2.48. The molecule has 1 heterocycles. The molecule has 2 unspecified atom stereocenters. The summed E-state index contributed by atoms with van der Waals surface area (Å²) >= 11 is 0. The topological polar surface area (TPSA) is 29.3 Å². The quantitative estimate of drug-likeness (QED) is 0.798. The van der Waals surface area contributed by atoms with E-state index >= 15 is 0 Å². The number of rotatable bonds is 3. The van der Waals surface area contributed by atoms with Crippen LogP contribution in [0.4, 0.5) is 0 Å². The minimum Gasteiger partial charge on any atom is -0.330 e. The van der Waals surface area contributed by atoms with Crippen molar-refractivity contribution >= 4 is 0 Å². The van der Waals surface area contributed by atoms with Crippen LogP contribution in [-0.4, -0.2) is 31.1 Å². The Kier molecular flexibility index (Phi) is 3.91. The Bertz CT molecular complexity index is 221. The highest BCUT2D eigenvalue weighted by Crippen LogP contribution is 2.38. The minimum absolute atomic E-state index is 0.473. The molecule has 0 radical (unpaired) electrons. The minimum atomic E-state index is 0.473. The van der Waals surface area contributed by atoms with Crippen molar-refractivity contribution in [2.75, 3.05) is 26.2 Å². The monoisotopic (exact) mass is 224 g/mol. The molecule has 2 atom stereocenters. The number of hydrogen-bond donors (Lipinski definition) is 1. The Morgan fingerprint density at radius 2 is 1.88 bits per heavy atom. The van der Waals surface area contributed by atoms with Crippen LogP contribution in [0.2, 0.25) is 0 Å². The molecule has 0 amide bonds. The highest BCUT2D eigenvalue weighted by Gasteiger charge is 2.35. The molecule has 1 aliphatic heterocycles. The SMILES string of the molecule is CC1CCN(CC2(CN)CCCC2)CC1C. The fourth-order valence-electron chi connectivity index (χ4n) is 3.52. The summed E-state index contributed by atoms with van der Waals surface area (Å²) in [6, 6.07) is 0. The summed E-state index contributed by atoms with van der Waals surface area (Å²) in [5.41, 5.74) is 6.49. The molecule has 94 valence electrons. The van der Waals surface area contributed by atoms with Crippen LogP contribution < -0.4 is 5.73 Å². The fourth-order valence-corrected chi connectivity index (χ4v) is 3.52. The molecule has 16 heavy (non-hydrogen) atoms. The van der Waals surface area contributed by atoms with E-state index in [1.165, 1.54) is 51.7 Å². The zero-order chi connectivity index (χ0) is 11.6. The molecule has 1 saturated carbocycles. The Morgan fingerprint density at radius 3 is 2.44 bits per heavy atom. The van der Waals surface area contributed by atoms with Crippen molar-refractivity contribution in [3.05, 3.63) is 0 Å². The summed E-state index contributed by atoms with van der Waals surface area (Å²) in [6.07, 6.45) is 6.91. The maximum Gasteiger partial charge on any atom is 0.00502 e. The average Bonchev–Trinajstić information content (AvgIpc) is 2.73. The molecule has 2 nitrogen and oxygen atoms in total. The third-order valence-corrected chi connectivity index (χ3v) is 5.07. The van der Waals surface area contributed by atoms with Gasteiger partial charge in [0.2, 0.25) is 0 Å². The van der Waals surface area contributed by atoms with Gasteiger partial charge in [0.05, 0.1) is 0 Å². The van der Waals surface area contributed by atoms with Gasteiger partial charge in [-0.3, -0.25) is 0 Å². The van der Waals surface area contributed by atoms with Gasteiger partial charge in [0.15, 0.2) is 0 Å². The van der Waals surface area contributed by atoms with Crippen molar-refractivity contribution in [1.82, 2.24) is 4.90 Å². The standard InChI is InChI=1S/C14H28N2/c1-12-5-8-16(9-13(12)2)11-14(10-15)6-3-4-7-14/h12-13H,3-11,15H2,1-2H3. The van der Waals surface area contributed by atoms with Crippen molar-refractivity contribution < 1.29 is 0 Å². The lowest BCUT2D eigenvalue weighted by molar-refractivity contribution is 0.0876. The van der Waals surface area contributed by atoms with Crippen LogP contribution in [0.1, 0.15) is 46.0 Å². The van der Waals surface area contributed by atoms with Gasteiger partial charge in [-0.2, -0.15) is 0 Å². The molecule has 2 aliphatic rings. The first-order valence-corrected chi connectivity index (χ1v) is 7.08. The molecule has 2 fully saturated rings. The lowest BCUT2D eigenvalue weighted by atomic mass is 9.83. The first-order valence-electron chi connectivity index (χ1n) is 7.08. The summed E-state index contributed by atoms with van der Waals surface area (Å²) < 4.78 is 0. The highest BCUT2D eigenvalue weighted by molar-refractivity contribution is 4.90. The van der Waals surface area contributed by atoms with Gasteiger partial charge in [0.1, 0.15) is 0 Å². The fraction of sp³-hybridized carbons (Fsp3) is 1.00. The van der Waals surface area contributed by atoms with E-state index in [1.54, 1.807) is 0 Å². The van der Waals surface area contributed by atoms with Gasteiger partial charge in [-0.25, -0.2) is 0 Å². The first kappa shape index (κ1) is 12.4. The second-order valence-electron chi connectivity index (χ2n) is 6.39. The summed E-state index contributed by atoms with van der Waals surface area (Å²) in [7, 11) is 0. The molecule has 1 saturated heterocycles. The molecular weight excluding hydrogens is 196 g/mol. The third kappa shape index (κ3) is 2.60. The summed E-state index contributed by atoms with van der Waals surface area (Å²) in [5, 5.41) is 0. The predicted molar refractivity (Wildman–Crippen MR) is 69.3 cm³/mol. The summed E-state index contributed by atoms with van der Waals surface area (Å²) in [4.78, 5) is 2.68. The molecule has 0 aromatic rings. The lowest BCUT2D eigenvalue weighted by Gasteiger charge is -2.40. The second-order valence-corrected chi connectivity index (χ2v) is 6.39. The Labute approximate surface area is 101 Å². The number of hydrogen-bond acceptors (Lipinski definition) is 2. The maximum atomic E-state index is 6.02. The molecular formula is C14H28N2. The maximum absolute atomic E-state index is 6.02. The average molecular weight is 224 g/mol. The molecule has 2 rings (SSSR count). The molecule has 0 aromatic carbocycles. The van der Waals surface area contributed by atoms with Gasteiger partial charge in [-0.1, -0.05) is 26.7 Å².